The summed E-state index contributed by atoms with van der Waals surface area (Å²) in [6.07, 6.45) is -4.24. The molecule has 0 radical (unpaired) electrons. The molecule has 0 saturated carbocycles. The smallest absolute Gasteiger partial charge is 0.419 e. The zero-order chi connectivity index (χ0) is 13.6. The minimum Gasteiger partial charge on any atom is -0.491 e. The zero-order valence-corrected chi connectivity index (χ0v) is 9.28. The fourth-order valence-electron chi connectivity index (χ4n) is 1.24. The molecule has 0 aliphatic heterocycles. The quantitative estimate of drug-likeness (QED) is 0.652. The Morgan fingerprint density at radius 2 is 2.00 bits per heavy atom. The Morgan fingerprint density at radius 3 is 2.56 bits per heavy atom. The summed E-state index contributed by atoms with van der Waals surface area (Å²) in [4.78, 5) is 10.4. The summed E-state index contributed by atoms with van der Waals surface area (Å²) in [7, 11) is 0. The monoisotopic (exact) mass is 260 g/mol. The molecule has 98 valence electrons. The first-order chi connectivity index (χ1) is 8.49. The molecule has 0 bridgehead atoms. The van der Waals surface area contributed by atoms with Gasteiger partial charge in [-0.2, -0.15) is 13.2 Å². The maximum atomic E-state index is 12.4. The molecule has 0 aliphatic rings. The molecule has 1 N–H and O–H groups in total. The standard InChI is InChI=1S/C12H11F3O3/c13-12(14,15)10(8-17)7-9-3-1-2-4-11(9)18-6-5-16/h1-4,7-8,16H,5-6H2/b10-7-. The van der Waals surface area contributed by atoms with E-state index in [4.69, 9.17) is 9.84 Å². The molecule has 1 aromatic rings. The van der Waals surface area contributed by atoms with Crippen LogP contribution in [0.25, 0.3) is 6.08 Å². The highest BCUT2D eigenvalue weighted by Gasteiger charge is 2.33. The maximum Gasteiger partial charge on any atom is 0.419 e. The molecule has 3 nitrogen and oxygen atoms in total. The van der Waals surface area contributed by atoms with Crippen LogP contribution in [-0.2, 0) is 4.79 Å². The number of para-hydroxylation sites is 1. The number of ether oxygens (including phenoxy) is 1. The average molecular weight is 260 g/mol. The highest BCUT2D eigenvalue weighted by Crippen LogP contribution is 2.28. The number of benzene rings is 1. The molecular weight excluding hydrogens is 249 g/mol. The van der Waals surface area contributed by atoms with Crippen molar-refractivity contribution in [2.75, 3.05) is 13.2 Å². The highest BCUT2D eigenvalue weighted by molar-refractivity contribution is 5.84. The van der Waals surface area contributed by atoms with Crippen LogP contribution in [0.4, 0.5) is 13.2 Å². The van der Waals surface area contributed by atoms with Gasteiger partial charge in [0, 0.05) is 5.56 Å². The second-order valence-corrected chi connectivity index (χ2v) is 3.33. The number of allylic oxidation sites excluding steroid dienone is 1. The van der Waals surface area contributed by atoms with Gasteiger partial charge in [-0.3, -0.25) is 4.79 Å². The number of rotatable bonds is 5. The summed E-state index contributed by atoms with van der Waals surface area (Å²) >= 11 is 0. The molecule has 0 spiro atoms. The van der Waals surface area contributed by atoms with Gasteiger partial charge in [0.25, 0.3) is 0 Å². The van der Waals surface area contributed by atoms with Crippen molar-refractivity contribution < 1.29 is 27.8 Å². The number of halogens is 3. The molecule has 0 fully saturated rings. The first kappa shape index (κ1) is 14.2. The summed E-state index contributed by atoms with van der Waals surface area (Å²) in [6.45, 7) is -0.287. The van der Waals surface area contributed by atoms with Crippen molar-refractivity contribution in [2.45, 2.75) is 6.18 Å². The molecule has 0 atom stereocenters. The summed E-state index contributed by atoms with van der Waals surface area (Å²) in [6, 6.07) is 5.96. The van der Waals surface area contributed by atoms with Gasteiger partial charge < -0.3 is 9.84 Å². The molecule has 0 aromatic heterocycles. The summed E-state index contributed by atoms with van der Waals surface area (Å²) in [5, 5.41) is 8.60. The number of hydrogen-bond acceptors (Lipinski definition) is 3. The predicted octanol–water partition coefficient (Wildman–Crippen LogP) is 2.20. The van der Waals surface area contributed by atoms with Crippen molar-refractivity contribution in [3.8, 4) is 5.75 Å². The lowest BCUT2D eigenvalue weighted by molar-refractivity contribution is -0.118. The van der Waals surface area contributed by atoms with Crippen LogP contribution in [-0.4, -0.2) is 30.8 Å². The molecule has 0 aliphatic carbocycles. The number of carbonyl (C=O) groups is 1. The fourth-order valence-corrected chi connectivity index (χ4v) is 1.24. The van der Waals surface area contributed by atoms with E-state index in [1.165, 1.54) is 18.2 Å². The van der Waals surface area contributed by atoms with Crippen molar-refractivity contribution in [1.29, 1.82) is 0 Å². The Kier molecular flexibility index (Phi) is 4.91. The minimum atomic E-state index is -4.70. The van der Waals surface area contributed by atoms with E-state index >= 15 is 0 Å². The van der Waals surface area contributed by atoms with Crippen LogP contribution in [0.15, 0.2) is 29.8 Å². The lowest BCUT2D eigenvalue weighted by Gasteiger charge is -2.09. The Hall–Kier alpha value is -1.82. The van der Waals surface area contributed by atoms with Crippen molar-refractivity contribution in [1.82, 2.24) is 0 Å². The maximum absolute atomic E-state index is 12.4. The van der Waals surface area contributed by atoms with Gasteiger partial charge in [-0.15, -0.1) is 0 Å². The topological polar surface area (TPSA) is 46.5 Å². The largest absolute Gasteiger partial charge is 0.491 e. The van der Waals surface area contributed by atoms with E-state index in [-0.39, 0.29) is 30.8 Å². The van der Waals surface area contributed by atoms with Gasteiger partial charge >= 0.3 is 6.18 Å². The molecule has 1 aromatic carbocycles. The highest BCUT2D eigenvalue weighted by atomic mass is 19.4. The third-order valence-electron chi connectivity index (χ3n) is 2.03. The molecule has 0 unspecified atom stereocenters. The molecule has 0 saturated heterocycles. The first-order valence-corrected chi connectivity index (χ1v) is 5.06. The van der Waals surface area contributed by atoms with Crippen molar-refractivity contribution in [3.63, 3.8) is 0 Å². The first-order valence-electron chi connectivity index (χ1n) is 5.06. The van der Waals surface area contributed by atoms with E-state index in [1.54, 1.807) is 6.07 Å². The van der Waals surface area contributed by atoms with Crippen molar-refractivity contribution >= 4 is 12.4 Å². The van der Waals surface area contributed by atoms with Gasteiger partial charge in [0.2, 0.25) is 0 Å². The minimum absolute atomic E-state index is 0.0344. The van der Waals surface area contributed by atoms with Crippen LogP contribution in [0.5, 0.6) is 5.75 Å². The second-order valence-electron chi connectivity index (χ2n) is 3.33. The van der Waals surface area contributed by atoms with Gasteiger partial charge in [-0.05, 0) is 12.1 Å². The third kappa shape index (κ3) is 3.89. The number of hydrogen-bond donors (Lipinski definition) is 1. The second kappa shape index (κ2) is 6.20. The Labute approximate surface area is 101 Å². The SMILES string of the molecule is O=C/C(=C/c1ccccc1OCCO)C(F)(F)F. The number of aldehydes is 1. The number of carbonyl (C=O) groups excluding carboxylic acids is 1. The molecule has 6 heteroatoms. The molecule has 0 heterocycles. The predicted molar refractivity (Wildman–Crippen MR) is 59.1 cm³/mol. The van der Waals surface area contributed by atoms with Crippen molar-refractivity contribution in [2.24, 2.45) is 0 Å². The van der Waals surface area contributed by atoms with E-state index in [0.717, 1.165) is 0 Å². The van der Waals surface area contributed by atoms with Crippen LogP contribution in [0.2, 0.25) is 0 Å². The number of aliphatic hydroxyl groups excluding tert-OH is 1. The summed E-state index contributed by atoms with van der Waals surface area (Å²) in [5.41, 5.74) is -1.16. The molecule has 1 rings (SSSR count). The molecular formula is C12H11F3O3. The van der Waals surface area contributed by atoms with E-state index in [2.05, 4.69) is 0 Å². The van der Waals surface area contributed by atoms with Crippen LogP contribution in [0.3, 0.4) is 0 Å². The lowest BCUT2D eigenvalue weighted by atomic mass is 10.1. The van der Waals surface area contributed by atoms with Gasteiger partial charge in [0.15, 0.2) is 6.29 Å². The average Bonchev–Trinajstić information content (AvgIpc) is 2.33. The van der Waals surface area contributed by atoms with Crippen LogP contribution < -0.4 is 4.74 Å². The normalized spacial score (nSPS) is 12.3. The Balaban J connectivity index is 3.08. The zero-order valence-electron chi connectivity index (χ0n) is 9.28. The van der Waals surface area contributed by atoms with Gasteiger partial charge in [0.1, 0.15) is 12.4 Å². The molecule has 0 amide bonds. The lowest BCUT2D eigenvalue weighted by Crippen LogP contribution is -2.12. The van der Waals surface area contributed by atoms with Crippen LogP contribution in [0.1, 0.15) is 5.56 Å². The molecule has 18 heavy (non-hydrogen) atoms. The number of alkyl halides is 3. The van der Waals surface area contributed by atoms with E-state index in [9.17, 15) is 18.0 Å². The number of aliphatic hydroxyl groups is 1. The summed E-state index contributed by atoms with van der Waals surface area (Å²) < 4.78 is 42.3. The summed E-state index contributed by atoms with van der Waals surface area (Å²) in [5.74, 6) is 0.176. The van der Waals surface area contributed by atoms with Crippen LogP contribution in [0, 0.1) is 0 Å². The Morgan fingerprint density at radius 1 is 1.33 bits per heavy atom. The van der Waals surface area contributed by atoms with E-state index in [0.29, 0.717) is 6.08 Å². The van der Waals surface area contributed by atoms with E-state index < -0.39 is 11.7 Å². The van der Waals surface area contributed by atoms with Crippen molar-refractivity contribution in [3.05, 3.63) is 35.4 Å². The van der Waals surface area contributed by atoms with Gasteiger partial charge in [-0.25, -0.2) is 0 Å². The Bertz CT molecular complexity index is 438. The third-order valence-corrected chi connectivity index (χ3v) is 2.03. The van der Waals surface area contributed by atoms with Gasteiger partial charge in [0.05, 0.1) is 12.2 Å². The fraction of sp³-hybridized carbons (Fsp3) is 0.250. The van der Waals surface area contributed by atoms with Crippen LogP contribution >= 0.6 is 0 Å². The van der Waals surface area contributed by atoms with E-state index in [1.807, 2.05) is 0 Å². The van der Waals surface area contributed by atoms with Gasteiger partial charge in [-0.1, -0.05) is 18.2 Å².